The molecule has 0 radical (unpaired) electrons. The van der Waals surface area contributed by atoms with Crippen molar-refractivity contribution in [2.24, 2.45) is 11.7 Å². The second-order valence-electron chi connectivity index (χ2n) is 5.64. The first kappa shape index (κ1) is 21.2. The molecular formula is C16H39N3. The third kappa shape index (κ3) is 17.9. The maximum absolute atomic E-state index is 4.85. The molecule has 1 aliphatic rings. The first-order chi connectivity index (χ1) is 9.01. The normalized spacial score (nSPS) is 14.4. The largest absolute Gasteiger partial charge is 0.331 e. The van der Waals surface area contributed by atoms with E-state index < -0.39 is 0 Å². The van der Waals surface area contributed by atoms with Gasteiger partial charge in [-0.3, -0.25) is 0 Å². The van der Waals surface area contributed by atoms with Crippen molar-refractivity contribution in [1.82, 2.24) is 9.80 Å². The Bertz CT molecular complexity index is 158. The molecule has 0 bridgehead atoms. The van der Waals surface area contributed by atoms with Crippen LogP contribution in [0.1, 0.15) is 53.4 Å². The number of nitrogens with zero attached hydrogens (tertiary/aromatic N) is 2. The van der Waals surface area contributed by atoms with Crippen LogP contribution < -0.4 is 5.73 Å². The van der Waals surface area contributed by atoms with Crippen molar-refractivity contribution in [2.75, 3.05) is 46.8 Å². The monoisotopic (exact) mass is 273 g/mol. The summed E-state index contributed by atoms with van der Waals surface area (Å²) >= 11 is 0. The summed E-state index contributed by atoms with van der Waals surface area (Å²) in [5.74, 6) is 1.06. The molecule has 1 aliphatic carbocycles. The second kappa shape index (κ2) is 15.9. The van der Waals surface area contributed by atoms with E-state index in [1.807, 2.05) is 6.92 Å². The third-order valence-corrected chi connectivity index (χ3v) is 3.40. The van der Waals surface area contributed by atoms with Gasteiger partial charge in [0.05, 0.1) is 0 Å². The number of rotatable bonds is 6. The molecule has 1 fully saturated rings. The average molecular weight is 274 g/mol. The predicted octanol–water partition coefficient (Wildman–Crippen LogP) is 3.05. The highest BCUT2D eigenvalue weighted by Crippen LogP contribution is 2.24. The van der Waals surface area contributed by atoms with Crippen LogP contribution in [0.25, 0.3) is 0 Å². The van der Waals surface area contributed by atoms with Crippen LogP contribution in [-0.4, -0.2) is 56.6 Å². The molecule has 0 amide bonds. The van der Waals surface area contributed by atoms with E-state index in [-0.39, 0.29) is 0 Å². The number of hydrogen-bond acceptors (Lipinski definition) is 3. The maximum atomic E-state index is 4.85. The van der Waals surface area contributed by atoms with Crippen molar-refractivity contribution in [2.45, 2.75) is 53.4 Å². The van der Waals surface area contributed by atoms with Crippen LogP contribution in [0.3, 0.4) is 0 Å². The van der Waals surface area contributed by atoms with E-state index in [0.717, 1.165) is 19.0 Å². The molecule has 19 heavy (non-hydrogen) atoms. The summed E-state index contributed by atoms with van der Waals surface area (Å²) < 4.78 is 0. The number of likely N-dealkylation sites (N-methyl/N-ethyl adjacent to an activating group) is 2. The maximum Gasteiger partial charge on any atom is 0.0106 e. The first-order valence-electron chi connectivity index (χ1n) is 8.08. The second-order valence-corrected chi connectivity index (χ2v) is 5.64. The van der Waals surface area contributed by atoms with E-state index in [9.17, 15) is 0 Å². The Morgan fingerprint density at radius 3 is 1.63 bits per heavy atom. The fraction of sp³-hybridized carbons (Fsp3) is 1.00. The first-order valence-corrected chi connectivity index (χ1v) is 8.08. The van der Waals surface area contributed by atoms with Gasteiger partial charge >= 0.3 is 0 Å². The molecule has 0 heterocycles. The molecule has 0 saturated heterocycles. The zero-order valence-corrected chi connectivity index (χ0v) is 14.4. The molecular weight excluding hydrogens is 234 g/mol. The molecule has 0 unspecified atom stereocenters. The highest BCUT2D eigenvalue weighted by Gasteiger charge is 2.09. The fourth-order valence-corrected chi connectivity index (χ4v) is 1.61. The lowest BCUT2D eigenvalue weighted by Gasteiger charge is -2.19. The topological polar surface area (TPSA) is 32.5 Å². The van der Waals surface area contributed by atoms with Gasteiger partial charge in [0.15, 0.2) is 0 Å². The van der Waals surface area contributed by atoms with Gasteiger partial charge in [0, 0.05) is 13.1 Å². The van der Waals surface area contributed by atoms with Crippen LogP contribution >= 0.6 is 0 Å². The summed E-state index contributed by atoms with van der Waals surface area (Å²) in [5.41, 5.74) is 4.85. The average Bonchev–Trinajstić information content (AvgIpc) is 2.35. The molecule has 3 nitrogen and oxygen atoms in total. The minimum absolute atomic E-state index is 0.750. The van der Waals surface area contributed by atoms with E-state index in [1.165, 1.54) is 45.3 Å². The summed E-state index contributed by atoms with van der Waals surface area (Å²) in [7, 11) is 4.35. The smallest absolute Gasteiger partial charge is 0.0106 e. The van der Waals surface area contributed by atoms with Crippen LogP contribution in [-0.2, 0) is 0 Å². The van der Waals surface area contributed by atoms with Gasteiger partial charge in [0.1, 0.15) is 0 Å². The zero-order chi connectivity index (χ0) is 15.1. The lowest BCUT2D eigenvalue weighted by Crippen LogP contribution is -2.31. The van der Waals surface area contributed by atoms with Crippen molar-refractivity contribution < 1.29 is 0 Å². The number of hydrogen-bond donors (Lipinski definition) is 1. The van der Waals surface area contributed by atoms with E-state index in [2.05, 4.69) is 44.7 Å². The molecule has 0 aromatic rings. The Kier molecular flexibility index (Phi) is 17.8. The van der Waals surface area contributed by atoms with Crippen molar-refractivity contribution in [3.63, 3.8) is 0 Å². The molecule has 0 spiro atoms. The molecule has 1 rings (SSSR count). The summed E-state index contributed by atoms with van der Waals surface area (Å²) in [6.07, 6.45) is 5.72. The van der Waals surface area contributed by atoms with Gasteiger partial charge in [-0.25, -0.2) is 0 Å². The molecule has 0 aromatic heterocycles. The minimum atomic E-state index is 0.750. The molecule has 0 aromatic carbocycles. The van der Waals surface area contributed by atoms with Crippen molar-refractivity contribution in [3.05, 3.63) is 0 Å². The molecule has 118 valence electrons. The highest BCUT2D eigenvalue weighted by molar-refractivity contribution is 4.62. The Morgan fingerprint density at radius 1 is 0.947 bits per heavy atom. The summed E-state index contributed by atoms with van der Waals surface area (Å²) in [5, 5.41) is 0. The van der Waals surface area contributed by atoms with E-state index in [4.69, 9.17) is 5.73 Å². The van der Waals surface area contributed by atoms with Crippen LogP contribution in [0.15, 0.2) is 0 Å². The van der Waals surface area contributed by atoms with Gasteiger partial charge in [0.25, 0.3) is 0 Å². The third-order valence-electron chi connectivity index (χ3n) is 3.40. The highest BCUT2D eigenvalue weighted by atomic mass is 15.2. The van der Waals surface area contributed by atoms with Crippen LogP contribution in [0, 0.1) is 5.92 Å². The van der Waals surface area contributed by atoms with Gasteiger partial charge in [-0.1, -0.05) is 47.0 Å². The molecule has 0 atom stereocenters. The van der Waals surface area contributed by atoms with Crippen LogP contribution in [0.4, 0.5) is 0 Å². The molecule has 2 N–H and O–H groups in total. The van der Waals surface area contributed by atoms with Crippen molar-refractivity contribution in [1.29, 1.82) is 0 Å². The Labute approximate surface area is 122 Å². The van der Waals surface area contributed by atoms with Gasteiger partial charge in [0.2, 0.25) is 0 Å². The molecule has 3 heteroatoms. The van der Waals surface area contributed by atoms with Crippen molar-refractivity contribution >= 4 is 0 Å². The molecule has 1 saturated carbocycles. The Balaban J connectivity index is 0. The Hall–Kier alpha value is -0.120. The van der Waals surface area contributed by atoms with Crippen LogP contribution in [0.5, 0.6) is 0 Å². The van der Waals surface area contributed by atoms with E-state index in [1.54, 1.807) is 0 Å². The minimum Gasteiger partial charge on any atom is -0.331 e. The van der Waals surface area contributed by atoms with E-state index >= 15 is 0 Å². The predicted molar refractivity (Wildman–Crippen MR) is 88.7 cm³/mol. The summed E-state index contributed by atoms with van der Waals surface area (Å²) in [6, 6.07) is 0. The summed E-state index contributed by atoms with van der Waals surface area (Å²) in [6.45, 7) is 14.1. The summed E-state index contributed by atoms with van der Waals surface area (Å²) in [4.78, 5) is 4.72. The zero-order valence-electron chi connectivity index (χ0n) is 14.4. The quantitative estimate of drug-likeness (QED) is 0.807. The van der Waals surface area contributed by atoms with Gasteiger partial charge in [-0.2, -0.15) is 0 Å². The molecule has 0 aliphatic heterocycles. The number of nitrogens with two attached hydrogens (primary N) is 1. The van der Waals surface area contributed by atoms with Crippen molar-refractivity contribution in [3.8, 4) is 0 Å². The standard InChI is InChI=1S/C9H22N2.C5H10.C2H7N/c1-5-7-11(4)9-8-10(3)6-2;1-5-3-2-4-5;1-2-3/h5-9H2,1-4H3;5H,2-4H2,1H3;2-3H2,1H3. The fourth-order valence-electron chi connectivity index (χ4n) is 1.61. The lowest BCUT2D eigenvalue weighted by molar-refractivity contribution is 0.264. The van der Waals surface area contributed by atoms with Gasteiger partial charge in [-0.15, -0.1) is 0 Å². The van der Waals surface area contributed by atoms with Gasteiger partial charge in [-0.05, 0) is 46.1 Å². The van der Waals surface area contributed by atoms with Gasteiger partial charge < -0.3 is 15.5 Å². The Morgan fingerprint density at radius 2 is 1.37 bits per heavy atom. The SMILES string of the molecule is CC1CCC1.CCCN(C)CCN(C)CC.CCN. The lowest BCUT2D eigenvalue weighted by atomic mass is 9.88. The van der Waals surface area contributed by atoms with E-state index in [0.29, 0.717) is 0 Å². The van der Waals surface area contributed by atoms with Crippen LogP contribution in [0.2, 0.25) is 0 Å².